The van der Waals surface area contributed by atoms with Crippen molar-refractivity contribution in [2.24, 2.45) is 0 Å². The van der Waals surface area contributed by atoms with Gasteiger partial charge in [-0.15, -0.1) is 0 Å². The van der Waals surface area contributed by atoms with Crippen LogP contribution in [0.2, 0.25) is 0 Å². The Kier molecular flexibility index (Phi) is 33.6. The maximum atomic E-state index is 13.3. The smallest absolute Gasteiger partial charge is 0.217 e. The highest BCUT2D eigenvalue weighted by molar-refractivity contribution is 5.75. The number of carbonyl (C=O) groups excluding carboxylic acids is 5. The van der Waals surface area contributed by atoms with Crippen LogP contribution in [0.15, 0.2) is 0 Å². The highest BCUT2D eigenvalue weighted by Crippen LogP contribution is 2.41. The second kappa shape index (κ2) is 40.9. The Morgan fingerprint density at radius 2 is 0.535 bits per heavy atom. The lowest BCUT2D eigenvalue weighted by atomic mass is 9.93. The maximum absolute atomic E-state index is 13.3. The Balaban J connectivity index is 1.16. The zero-order valence-corrected chi connectivity index (χ0v) is 61.9. The molecule has 5 amide bonds. The summed E-state index contributed by atoms with van der Waals surface area (Å²) in [6, 6.07) is -9.44. The summed E-state index contributed by atoms with van der Waals surface area (Å²) < 4.78 is 104. The molecule has 658 valence electrons. The summed E-state index contributed by atoms with van der Waals surface area (Å²) in [5, 5.41) is 270. The molecule has 50 heteroatoms. The third-order valence-corrected chi connectivity index (χ3v) is 20.7. The Bertz CT molecular complexity index is 3080. The zero-order valence-electron chi connectivity index (χ0n) is 61.9. The normalized spacial score (nSPS) is 48.2. The largest absolute Gasteiger partial charge is 0.394 e. The molecule has 9 fully saturated rings. The summed E-state index contributed by atoms with van der Waals surface area (Å²) in [4.78, 5) is 64.1. The molecule has 0 aromatic rings. The lowest BCUT2D eigenvalue weighted by Gasteiger charge is -2.52. The SMILES string of the molecule is CC(=O)N[C@@H]1[C@@H](O[C@@H]2[C@@H](O[C@H]3O[C@H](CO)[C@@H](O)[C@H](O)[C@@H]3O[C@@H]3O[C@H](CO)[C@@H](O)[C@H](O)[C@H]3NC(C)=O)[C@@H](O)[C@@H](O[C@H]3[C@H](O)[C@@H](NC(C)=O)[C@H](O[C@@H]4[C@@H](O)[C@H](NC(C)=O)[C@@H](O)O[C@H]4CO[C@H]4O[C@H](C)[C@H](O)[C@H](O)[C@H]4O)O[C@@H]3CO)O[C@H]2CO[C@H]2O[C@H](CO)[C@@H](O)[C@H](O)[C@@H]2O[C@@H]2O[C@H](CO)[C@@H](O)[C@H](O)[C@H]2NC(C)=O)O[C@@H](CO)[C@H](O)[C@H]1O. The molecule has 45 atom stereocenters. The van der Waals surface area contributed by atoms with Crippen LogP contribution in [0, 0.1) is 0 Å². The summed E-state index contributed by atoms with van der Waals surface area (Å²) in [5.74, 6) is -4.59. The lowest BCUT2D eigenvalue weighted by Crippen LogP contribution is -2.71. The van der Waals surface area contributed by atoms with Crippen LogP contribution in [-0.2, 0) is 104 Å². The minimum absolute atomic E-state index is 0.845. The first-order valence-corrected chi connectivity index (χ1v) is 36.5. The summed E-state index contributed by atoms with van der Waals surface area (Å²) in [7, 11) is 0. The average molecular weight is 1670 g/mol. The molecule has 9 rings (SSSR count). The van der Waals surface area contributed by atoms with Gasteiger partial charge in [-0.2, -0.15) is 0 Å². The molecule has 0 unspecified atom stereocenters. The topological polar surface area (TPSA) is 768 Å². The number of ether oxygens (including phenoxy) is 17. The predicted octanol–water partition coefficient (Wildman–Crippen LogP) is -18.9. The fraction of sp³-hybridized carbons (Fsp3) is 0.922. The van der Waals surface area contributed by atoms with Gasteiger partial charge < -0.3 is 225 Å². The first kappa shape index (κ1) is 93.6. The average Bonchev–Trinajstić information content (AvgIpc) is 0.758. The van der Waals surface area contributed by atoms with E-state index in [1.165, 1.54) is 6.92 Å². The number of nitrogens with one attached hydrogen (secondary N) is 5. The van der Waals surface area contributed by atoms with Gasteiger partial charge in [-0.3, -0.25) is 24.0 Å². The van der Waals surface area contributed by atoms with E-state index in [9.17, 15) is 141 Å². The quantitative estimate of drug-likeness (QED) is 0.0331. The number of rotatable bonds is 29. The van der Waals surface area contributed by atoms with Gasteiger partial charge in [0.05, 0.1) is 59.0 Å². The summed E-state index contributed by atoms with van der Waals surface area (Å²) in [6.07, 6.45) is -83.8. The van der Waals surface area contributed by atoms with Crippen molar-refractivity contribution in [3.8, 4) is 0 Å². The first-order chi connectivity index (χ1) is 53.8. The van der Waals surface area contributed by atoms with Gasteiger partial charge in [-0.25, -0.2) is 0 Å². The minimum Gasteiger partial charge on any atom is -0.394 e. The lowest BCUT2D eigenvalue weighted by molar-refractivity contribution is -0.407. The third kappa shape index (κ3) is 21.0. The zero-order chi connectivity index (χ0) is 84.1. The molecule has 9 heterocycles. The van der Waals surface area contributed by atoms with Crippen molar-refractivity contribution in [1.29, 1.82) is 0 Å². The van der Waals surface area contributed by atoms with Crippen LogP contribution in [0.4, 0.5) is 0 Å². The van der Waals surface area contributed by atoms with Crippen molar-refractivity contribution in [3.05, 3.63) is 0 Å². The van der Waals surface area contributed by atoms with E-state index in [4.69, 9.17) is 80.5 Å². The first-order valence-electron chi connectivity index (χ1n) is 36.5. The van der Waals surface area contributed by atoms with Gasteiger partial charge >= 0.3 is 0 Å². The van der Waals surface area contributed by atoms with E-state index in [-0.39, 0.29) is 0 Å². The number of aliphatic hydroxyl groups excluding tert-OH is 23. The number of amides is 5. The van der Waals surface area contributed by atoms with Crippen LogP contribution < -0.4 is 26.6 Å². The molecule has 9 saturated heterocycles. The van der Waals surface area contributed by atoms with Gasteiger partial charge in [0.15, 0.2) is 56.6 Å². The molecule has 28 N–H and O–H groups in total. The Morgan fingerprint density at radius 1 is 0.246 bits per heavy atom. The van der Waals surface area contributed by atoms with E-state index in [2.05, 4.69) is 26.6 Å². The van der Waals surface area contributed by atoms with Gasteiger partial charge in [-0.1, -0.05) is 0 Å². The van der Waals surface area contributed by atoms with Crippen molar-refractivity contribution < 1.29 is 222 Å². The monoisotopic (exact) mass is 1670 g/mol. The van der Waals surface area contributed by atoms with Gasteiger partial charge in [0.2, 0.25) is 29.5 Å². The van der Waals surface area contributed by atoms with Crippen molar-refractivity contribution in [3.63, 3.8) is 0 Å². The molecule has 0 spiro atoms. The second-order valence-electron chi connectivity index (χ2n) is 28.9. The van der Waals surface area contributed by atoms with Crippen LogP contribution in [0.25, 0.3) is 0 Å². The summed E-state index contributed by atoms with van der Waals surface area (Å²) in [5.41, 5.74) is 0. The Morgan fingerprint density at radius 3 is 0.947 bits per heavy atom. The van der Waals surface area contributed by atoms with Crippen LogP contribution in [0.5, 0.6) is 0 Å². The highest BCUT2D eigenvalue weighted by Gasteiger charge is 2.61. The van der Waals surface area contributed by atoms with Crippen molar-refractivity contribution in [1.82, 2.24) is 26.6 Å². The minimum atomic E-state index is -2.70. The molecule has 0 bridgehead atoms. The van der Waals surface area contributed by atoms with Crippen LogP contribution in [0.1, 0.15) is 41.5 Å². The molecule has 0 radical (unpaired) electrons. The van der Waals surface area contributed by atoms with E-state index in [1.807, 2.05) is 0 Å². The molecular formula is C64H107N5O45. The molecule has 0 aliphatic carbocycles. The highest BCUT2D eigenvalue weighted by atomic mass is 16.8. The van der Waals surface area contributed by atoms with Crippen molar-refractivity contribution in [2.75, 3.05) is 52.9 Å². The van der Waals surface area contributed by atoms with Gasteiger partial charge in [0, 0.05) is 34.6 Å². The van der Waals surface area contributed by atoms with E-state index in [1.54, 1.807) is 0 Å². The van der Waals surface area contributed by atoms with E-state index in [0.717, 1.165) is 34.6 Å². The van der Waals surface area contributed by atoms with E-state index < -0.39 is 358 Å². The van der Waals surface area contributed by atoms with Gasteiger partial charge in [-0.05, 0) is 6.92 Å². The van der Waals surface area contributed by atoms with Gasteiger partial charge in [0.25, 0.3) is 0 Å². The van der Waals surface area contributed by atoms with Crippen LogP contribution in [-0.4, -0.2) is 476 Å². The molecule has 9 aliphatic rings. The Labute approximate surface area is 646 Å². The molecule has 50 nitrogen and oxygen atoms in total. The van der Waals surface area contributed by atoms with E-state index in [0.29, 0.717) is 0 Å². The van der Waals surface area contributed by atoms with Crippen molar-refractivity contribution in [2.45, 2.75) is 318 Å². The number of hydrogen-bond donors (Lipinski definition) is 28. The van der Waals surface area contributed by atoms with E-state index >= 15 is 0 Å². The molecule has 0 saturated carbocycles. The molecule has 0 aromatic heterocycles. The van der Waals surface area contributed by atoms with Crippen LogP contribution >= 0.6 is 0 Å². The predicted molar refractivity (Wildman–Crippen MR) is 354 cm³/mol. The molecule has 0 aromatic carbocycles. The third-order valence-electron chi connectivity index (χ3n) is 20.7. The number of carbonyl (C=O) groups is 5. The van der Waals surface area contributed by atoms with Gasteiger partial charge in [0.1, 0.15) is 213 Å². The standard InChI is InChI=1S/C64H107N5O45/c1-15-34(81)45(92)48(95)61(100-15)98-13-27-51(43(90)29(56(97)101-27)65-16(2)76)109-60-33(69-20(6)80)44(91)50(26(12-75)107-60)110-62-49(96)53(112-64-55(47(94)39(86)25(11-74)106-64)114-59-32(68-19(5)79)42(89)37(84)23(9-72)104-59)52(111-57-30(66-17(3)77)40(87)35(82)21(7-70)102-57)28(108-62)14-99-63-54(46(93)38(85)24(10-73)105-63)113-58-31(67-18(4)78)41(88)36(83)22(8-71)103-58/h15,21-64,70-75,81-97H,7-14H2,1-6H3,(H,65,76)(H,66,77)(H,67,78)(H,68,79)(H,69,80)/t15-,21+,22-,23-,24-,25-,26-,27+,28+,29+,30+,31-,32-,33-,34+,35+,36-,37-,38-,39-,40+,41-,42-,43+,44-,45+,46+,47+,48-,49-,50-,51+,52+,53+,54+,55+,56+,57-,58+,59+,60+,61+,62-,63+,64-/m1/s1. The van der Waals surface area contributed by atoms with Crippen LogP contribution in [0.3, 0.4) is 0 Å². The molecular weight excluding hydrogens is 1560 g/mol. The molecule has 114 heavy (non-hydrogen) atoms. The summed E-state index contributed by atoms with van der Waals surface area (Å²) in [6.45, 7) is -2.88. The molecule has 9 aliphatic heterocycles. The van der Waals surface area contributed by atoms with Crippen molar-refractivity contribution >= 4 is 29.5 Å². The number of aliphatic hydroxyl groups is 23. The fourth-order valence-corrected chi connectivity index (χ4v) is 14.7. The second-order valence-corrected chi connectivity index (χ2v) is 28.9. The fourth-order valence-electron chi connectivity index (χ4n) is 14.7. The number of hydrogen-bond acceptors (Lipinski definition) is 45. The summed E-state index contributed by atoms with van der Waals surface area (Å²) >= 11 is 0. The Hall–Kier alpha value is -4.25. The maximum Gasteiger partial charge on any atom is 0.217 e.